The molecule has 1 N–H and O–H groups in total. The van der Waals surface area contributed by atoms with E-state index >= 15 is 0 Å². The lowest BCUT2D eigenvalue weighted by atomic mass is 10.1. The third-order valence-corrected chi connectivity index (χ3v) is 3.69. The first-order chi connectivity index (χ1) is 11.6. The molecule has 2 rings (SSSR count). The van der Waals surface area contributed by atoms with Crippen LogP contribution in [0.25, 0.3) is 0 Å². The fourth-order valence-corrected chi connectivity index (χ4v) is 2.45. The van der Waals surface area contributed by atoms with Crippen molar-refractivity contribution in [3.63, 3.8) is 0 Å². The van der Waals surface area contributed by atoms with Crippen LogP contribution in [0.3, 0.4) is 0 Å². The Labute approximate surface area is 140 Å². The van der Waals surface area contributed by atoms with Gasteiger partial charge in [-0.25, -0.2) is 9.59 Å². The number of benzene rings is 1. The van der Waals surface area contributed by atoms with Crippen LogP contribution in [-0.2, 0) is 19.1 Å². The molecule has 1 saturated heterocycles. The molecular weight excluding hydrogens is 312 g/mol. The van der Waals surface area contributed by atoms with Crippen LogP contribution in [0.1, 0.15) is 23.2 Å². The highest BCUT2D eigenvalue weighted by molar-refractivity contribution is 6.03. The molecule has 0 atom stereocenters. The number of anilines is 1. The summed E-state index contributed by atoms with van der Waals surface area (Å²) in [5.74, 6) is -1.55. The molecular formula is C17H20N2O5. The summed E-state index contributed by atoms with van der Waals surface area (Å²) in [7, 11) is 2.41. The summed E-state index contributed by atoms with van der Waals surface area (Å²) in [6.07, 6.45) is 2.96. The highest BCUT2D eigenvalue weighted by atomic mass is 16.5. The zero-order chi connectivity index (χ0) is 17.5. The number of ether oxygens (including phenoxy) is 2. The van der Waals surface area contributed by atoms with Crippen LogP contribution in [-0.4, -0.2) is 50.1 Å². The van der Waals surface area contributed by atoms with Crippen LogP contribution in [0.4, 0.5) is 5.69 Å². The molecule has 128 valence electrons. The second-order valence-corrected chi connectivity index (χ2v) is 5.24. The Morgan fingerprint density at radius 2 is 1.75 bits per heavy atom. The van der Waals surface area contributed by atoms with Crippen molar-refractivity contribution in [1.82, 2.24) is 4.90 Å². The molecule has 0 unspecified atom stereocenters. The number of esters is 2. The molecule has 1 aliphatic heterocycles. The van der Waals surface area contributed by atoms with Crippen molar-refractivity contribution in [3.8, 4) is 0 Å². The van der Waals surface area contributed by atoms with Gasteiger partial charge in [-0.2, -0.15) is 0 Å². The smallest absolute Gasteiger partial charge is 0.354 e. The molecule has 1 heterocycles. The number of rotatable bonds is 5. The van der Waals surface area contributed by atoms with E-state index in [2.05, 4.69) is 14.8 Å². The SMILES string of the molecule is COC(=O)/C=C(/Nc1ccccc1C(=O)N1CCCC1)C(=O)OC. The number of likely N-dealkylation sites (tertiary alicyclic amines) is 1. The van der Waals surface area contributed by atoms with Crippen molar-refractivity contribution < 1.29 is 23.9 Å². The van der Waals surface area contributed by atoms with E-state index in [1.165, 1.54) is 14.2 Å². The molecule has 7 nitrogen and oxygen atoms in total. The average Bonchev–Trinajstić information content (AvgIpc) is 3.14. The maximum atomic E-state index is 12.6. The van der Waals surface area contributed by atoms with Gasteiger partial charge in [0.1, 0.15) is 5.70 Å². The van der Waals surface area contributed by atoms with E-state index < -0.39 is 11.9 Å². The molecule has 0 bridgehead atoms. The number of hydrogen-bond donors (Lipinski definition) is 1. The zero-order valence-electron chi connectivity index (χ0n) is 13.7. The van der Waals surface area contributed by atoms with Crippen molar-refractivity contribution in [2.75, 3.05) is 32.6 Å². The quantitative estimate of drug-likeness (QED) is 0.651. The molecule has 0 aliphatic carbocycles. The average molecular weight is 332 g/mol. The molecule has 24 heavy (non-hydrogen) atoms. The van der Waals surface area contributed by atoms with Gasteiger partial charge in [0.05, 0.1) is 31.5 Å². The van der Waals surface area contributed by atoms with E-state index in [-0.39, 0.29) is 11.6 Å². The van der Waals surface area contributed by atoms with Crippen molar-refractivity contribution in [2.45, 2.75) is 12.8 Å². The predicted octanol–water partition coefficient (Wildman–Crippen LogP) is 1.56. The number of carbonyl (C=O) groups excluding carboxylic acids is 3. The topological polar surface area (TPSA) is 84.9 Å². The summed E-state index contributed by atoms with van der Waals surface area (Å²) in [4.78, 5) is 37.7. The van der Waals surface area contributed by atoms with Crippen molar-refractivity contribution >= 4 is 23.5 Å². The van der Waals surface area contributed by atoms with Crippen LogP contribution >= 0.6 is 0 Å². The Morgan fingerprint density at radius 3 is 2.38 bits per heavy atom. The lowest BCUT2D eigenvalue weighted by molar-refractivity contribution is -0.138. The number of para-hydroxylation sites is 1. The first kappa shape index (κ1) is 17.5. The molecule has 1 fully saturated rings. The van der Waals surface area contributed by atoms with E-state index in [0.717, 1.165) is 32.0 Å². The van der Waals surface area contributed by atoms with Crippen molar-refractivity contribution in [1.29, 1.82) is 0 Å². The molecule has 0 radical (unpaired) electrons. The van der Waals surface area contributed by atoms with Gasteiger partial charge in [0.25, 0.3) is 5.91 Å². The van der Waals surface area contributed by atoms with Gasteiger partial charge in [0, 0.05) is 13.1 Å². The molecule has 1 aromatic carbocycles. The number of carbonyl (C=O) groups is 3. The maximum Gasteiger partial charge on any atom is 0.354 e. The fourth-order valence-electron chi connectivity index (χ4n) is 2.45. The zero-order valence-corrected chi connectivity index (χ0v) is 13.7. The number of methoxy groups -OCH3 is 2. The van der Waals surface area contributed by atoms with E-state index in [1.807, 2.05) is 0 Å². The normalized spacial score (nSPS) is 14.2. The van der Waals surface area contributed by atoms with Crippen LogP contribution in [0.2, 0.25) is 0 Å². The summed E-state index contributed by atoms with van der Waals surface area (Å²) < 4.78 is 9.19. The largest absolute Gasteiger partial charge is 0.466 e. The monoisotopic (exact) mass is 332 g/mol. The fraction of sp³-hybridized carbons (Fsp3) is 0.353. The first-order valence-corrected chi connectivity index (χ1v) is 7.60. The van der Waals surface area contributed by atoms with E-state index in [4.69, 9.17) is 0 Å². The lowest BCUT2D eigenvalue weighted by Gasteiger charge is -2.18. The van der Waals surface area contributed by atoms with Crippen molar-refractivity contribution in [2.24, 2.45) is 0 Å². The molecule has 1 aliphatic rings. The Morgan fingerprint density at radius 1 is 1.08 bits per heavy atom. The first-order valence-electron chi connectivity index (χ1n) is 7.60. The summed E-state index contributed by atoms with van der Waals surface area (Å²) in [6.45, 7) is 1.43. The van der Waals surface area contributed by atoms with Gasteiger partial charge in [0.2, 0.25) is 0 Å². The molecule has 0 aromatic heterocycles. The minimum absolute atomic E-state index is 0.106. The van der Waals surface area contributed by atoms with Gasteiger partial charge >= 0.3 is 11.9 Å². The second kappa shape index (κ2) is 8.14. The van der Waals surface area contributed by atoms with Gasteiger partial charge in [-0.05, 0) is 25.0 Å². The molecule has 0 saturated carbocycles. The van der Waals surface area contributed by atoms with E-state index in [0.29, 0.717) is 11.3 Å². The molecule has 7 heteroatoms. The minimum atomic E-state index is -0.733. The Bertz CT molecular complexity index is 663. The number of amides is 1. The second-order valence-electron chi connectivity index (χ2n) is 5.24. The predicted molar refractivity (Wildman–Crippen MR) is 87.3 cm³/mol. The van der Waals surface area contributed by atoms with E-state index in [1.54, 1.807) is 29.2 Å². The molecule has 0 spiro atoms. The van der Waals surface area contributed by atoms with Crippen LogP contribution in [0.5, 0.6) is 0 Å². The molecule has 1 aromatic rings. The summed E-state index contributed by atoms with van der Waals surface area (Å²) in [5.41, 5.74) is 0.750. The van der Waals surface area contributed by atoms with Gasteiger partial charge < -0.3 is 19.7 Å². The number of hydrogen-bond acceptors (Lipinski definition) is 6. The maximum absolute atomic E-state index is 12.6. The van der Waals surface area contributed by atoms with Gasteiger partial charge in [-0.1, -0.05) is 12.1 Å². The van der Waals surface area contributed by atoms with E-state index in [9.17, 15) is 14.4 Å². The highest BCUT2D eigenvalue weighted by Gasteiger charge is 2.23. The Hall–Kier alpha value is -2.83. The minimum Gasteiger partial charge on any atom is -0.466 e. The summed E-state index contributed by atoms with van der Waals surface area (Å²) in [6, 6.07) is 6.82. The van der Waals surface area contributed by atoms with Gasteiger partial charge in [-0.15, -0.1) is 0 Å². The molecule has 1 amide bonds. The lowest BCUT2D eigenvalue weighted by Crippen LogP contribution is -2.28. The number of nitrogens with one attached hydrogen (secondary N) is 1. The summed E-state index contributed by atoms with van der Waals surface area (Å²) in [5, 5.41) is 2.81. The van der Waals surface area contributed by atoms with Gasteiger partial charge in [-0.3, -0.25) is 4.79 Å². The third kappa shape index (κ3) is 4.13. The van der Waals surface area contributed by atoms with Crippen LogP contribution < -0.4 is 5.32 Å². The highest BCUT2D eigenvalue weighted by Crippen LogP contribution is 2.21. The van der Waals surface area contributed by atoms with Crippen molar-refractivity contribution in [3.05, 3.63) is 41.6 Å². The Balaban J connectivity index is 2.30. The van der Waals surface area contributed by atoms with Gasteiger partial charge in [0.15, 0.2) is 0 Å². The van der Waals surface area contributed by atoms with Crippen LogP contribution in [0, 0.1) is 0 Å². The number of nitrogens with zero attached hydrogens (tertiary/aromatic N) is 1. The third-order valence-electron chi connectivity index (χ3n) is 3.69. The standard InChI is InChI=1S/C17H20N2O5/c1-23-15(20)11-14(17(22)24-2)18-13-8-4-3-7-12(13)16(21)19-9-5-6-10-19/h3-4,7-8,11,18H,5-6,9-10H2,1-2H3/b14-11+. The van der Waals surface area contributed by atoms with Crippen LogP contribution in [0.15, 0.2) is 36.0 Å². The summed E-state index contributed by atoms with van der Waals surface area (Å²) >= 11 is 0. The Kier molecular flexibility index (Phi) is 5.95.